The molecule has 1 aromatic carbocycles. The standard InChI is InChI=1S/C13H13NO8S/c1-21-12(16)13(8-2-3-11(13)15)22-23(19,20)10-6-4-9(5-7-10)14(17)18/h4-7H,2-3,8H2,1H3. The van der Waals surface area contributed by atoms with Crippen molar-refractivity contribution < 1.29 is 31.9 Å². The van der Waals surface area contributed by atoms with E-state index in [0.717, 1.165) is 31.4 Å². The van der Waals surface area contributed by atoms with Crippen LogP contribution in [0, 0.1) is 10.1 Å². The van der Waals surface area contributed by atoms with Crippen LogP contribution in [0.3, 0.4) is 0 Å². The van der Waals surface area contributed by atoms with Crippen LogP contribution < -0.4 is 0 Å². The predicted octanol–water partition coefficient (Wildman–Crippen LogP) is 0.965. The van der Waals surface area contributed by atoms with E-state index in [1.54, 1.807) is 0 Å². The van der Waals surface area contributed by atoms with Crippen LogP contribution in [0.4, 0.5) is 5.69 Å². The van der Waals surface area contributed by atoms with Gasteiger partial charge >= 0.3 is 5.97 Å². The number of carbonyl (C=O) groups is 2. The number of rotatable bonds is 5. The molecule has 1 aliphatic carbocycles. The summed E-state index contributed by atoms with van der Waals surface area (Å²) in [5.41, 5.74) is -2.49. The molecule has 9 nitrogen and oxygen atoms in total. The van der Waals surface area contributed by atoms with Gasteiger partial charge in [0.2, 0.25) is 5.60 Å². The zero-order chi connectivity index (χ0) is 17.3. The van der Waals surface area contributed by atoms with Crippen molar-refractivity contribution in [2.24, 2.45) is 0 Å². The maximum Gasteiger partial charge on any atom is 0.347 e. The molecule has 0 radical (unpaired) electrons. The smallest absolute Gasteiger partial charge is 0.347 e. The first-order valence-electron chi connectivity index (χ1n) is 6.55. The molecule has 1 unspecified atom stereocenters. The topological polar surface area (TPSA) is 130 Å². The van der Waals surface area contributed by atoms with E-state index >= 15 is 0 Å². The SMILES string of the molecule is COC(=O)C1(OS(=O)(=O)c2ccc([N+](=O)[O-])cc2)CCCC1=O. The summed E-state index contributed by atoms with van der Waals surface area (Å²) in [7, 11) is -3.45. The highest BCUT2D eigenvalue weighted by Crippen LogP contribution is 2.34. The Balaban J connectivity index is 2.37. The summed E-state index contributed by atoms with van der Waals surface area (Å²) in [6.07, 6.45) is 0.194. The number of ether oxygens (including phenoxy) is 1. The minimum Gasteiger partial charge on any atom is -0.466 e. The van der Waals surface area contributed by atoms with Crippen LogP contribution >= 0.6 is 0 Å². The Morgan fingerprint density at radius 3 is 2.35 bits per heavy atom. The Morgan fingerprint density at radius 1 is 1.30 bits per heavy atom. The number of hydrogen-bond acceptors (Lipinski definition) is 8. The summed E-state index contributed by atoms with van der Waals surface area (Å²) in [6.45, 7) is 0. The van der Waals surface area contributed by atoms with E-state index in [9.17, 15) is 28.1 Å². The van der Waals surface area contributed by atoms with E-state index in [0.29, 0.717) is 6.42 Å². The summed E-state index contributed by atoms with van der Waals surface area (Å²) in [6, 6.07) is 3.91. The van der Waals surface area contributed by atoms with Crippen LogP contribution in [0.1, 0.15) is 19.3 Å². The fraction of sp³-hybridized carbons (Fsp3) is 0.385. The van der Waals surface area contributed by atoms with Crippen molar-refractivity contribution >= 4 is 27.6 Å². The van der Waals surface area contributed by atoms with Crippen LogP contribution in [-0.2, 0) is 28.6 Å². The van der Waals surface area contributed by atoms with Gasteiger partial charge in [-0.25, -0.2) is 8.98 Å². The third-order valence-corrected chi connectivity index (χ3v) is 4.84. The van der Waals surface area contributed by atoms with E-state index in [4.69, 9.17) is 4.18 Å². The van der Waals surface area contributed by atoms with Gasteiger partial charge in [-0.3, -0.25) is 14.9 Å². The van der Waals surface area contributed by atoms with Crippen LogP contribution in [0.5, 0.6) is 0 Å². The number of Topliss-reactive ketones (excluding diaryl/α,β-unsaturated/α-hetero) is 1. The largest absolute Gasteiger partial charge is 0.466 e. The van der Waals surface area contributed by atoms with Gasteiger partial charge in [0.05, 0.1) is 16.9 Å². The Morgan fingerprint density at radius 2 is 1.91 bits per heavy atom. The molecule has 1 fully saturated rings. The van der Waals surface area contributed by atoms with Crippen LogP contribution in [0.15, 0.2) is 29.2 Å². The molecule has 2 rings (SSSR count). The maximum absolute atomic E-state index is 12.3. The highest BCUT2D eigenvalue weighted by Gasteiger charge is 2.54. The van der Waals surface area contributed by atoms with E-state index in [2.05, 4.69) is 4.74 Å². The monoisotopic (exact) mass is 343 g/mol. The number of hydrogen-bond donors (Lipinski definition) is 0. The molecule has 23 heavy (non-hydrogen) atoms. The minimum atomic E-state index is -4.48. The van der Waals surface area contributed by atoms with Gasteiger partial charge in [0.25, 0.3) is 15.8 Å². The molecule has 1 saturated carbocycles. The fourth-order valence-corrected chi connectivity index (χ4v) is 3.50. The van der Waals surface area contributed by atoms with E-state index < -0.39 is 37.3 Å². The summed E-state index contributed by atoms with van der Waals surface area (Å²) in [5.74, 6) is -1.75. The predicted molar refractivity (Wildman–Crippen MR) is 75.0 cm³/mol. The Bertz CT molecular complexity index is 755. The summed E-state index contributed by atoms with van der Waals surface area (Å²) < 4.78 is 34.0. The van der Waals surface area contributed by atoms with Gasteiger partial charge in [0.1, 0.15) is 0 Å². The first-order valence-corrected chi connectivity index (χ1v) is 7.95. The first-order chi connectivity index (χ1) is 10.7. The van der Waals surface area contributed by atoms with Gasteiger partial charge in [-0.05, 0) is 25.0 Å². The average Bonchev–Trinajstić information content (AvgIpc) is 2.87. The van der Waals surface area contributed by atoms with Crippen molar-refractivity contribution in [1.82, 2.24) is 0 Å². The normalized spacial score (nSPS) is 21.2. The maximum atomic E-state index is 12.3. The average molecular weight is 343 g/mol. The van der Waals surface area contributed by atoms with E-state index in [-0.39, 0.29) is 18.5 Å². The number of non-ortho nitro benzene ring substituents is 1. The third-order valence-electron chi connectivity index (χ3n) is 3.49. The van der Waals surface area contributed by atoms with Crippen molar-refractivity contribution in [1.29, 1.82) is 0 Å². The number of methoxy groups -OCH3 is 1. The molecule has 0 amide bonds. The van der Waals surface area contributed by atoms with Crippen molar-refractivity contribution in [3.05, 3.63) is 34.4 Å². The molecule has 0 bridgehead atoms. The second-order valence-corrected chi connectivity index (χ2v) is 6.43. The summed E-state index contributed by atoms with van der Waals surface area (Å²) >= 11 is 0. The van der Waals surface area contributed by atoms with Crippen molar-refractivity contribution in [3.8, 4) is 0 Å². The first kappa shape index (κ1) is 17.0. The molecule has 0 N–H and O–H groups in total. The number of nitro groups is 1. The number of nitrogens with zero attached hydrogens (tertiary/aromatic N) is 1. The molecule has 0 spiro atoms. The van der Waals surface area contributed by atoms with E-state index in [1.807, 2.05) is 0 Å². The minimum absolute atomic E-state index is 0.00484. The molecule has 1 aromatic rings. The Hall–Kier alpha value is -2.33. The van der Waals surface area contributed by atoms with Gasteiger partial charge in [-0.2, -0.15) is 8.42 Å². The molecule has 1 aliphatic rings. The van der Waals surface area contributed by atoms with Crippen molar-refractivity contribution in [2.75, 3.05) is 7.11 Å². The van der Waals surface area contributed by atoms with Crippen molar-refractivity contribution in [3.63, 3.8) is 0 Å². The summed E-state index contributed by atoms with van der Waals surface area (Å²) in [5, 5.41) is 10.6. The second kappa shape index (κ2) is 6.05. The molecule has 0 heterocycles. The number of benzene rings is 1. The molecule has 0 saturated heterocycles. The fourth-order valence-electron chi connectivity index (χ4n) is 2.31. The highest BCUT2D eigenvalue weighted by molar-refractivity contribution is 7.86. The van der Waals surface area contributed by atoms with E-state index in [1.165, 1.54) is 0 Å². The zero-order valence-electron chi connectivity index (χ0n) is 12.1. The van der Waals surface area contributed by atoms with Gasteiger partial charge in [0.15, 0.2) is 5.78 Å². The lowest BCUT2D eigenvalue weighted by molar-refractivity contribution is -0.384. The Labute approximate surface area is 131 Å². The quantitative estimate of drug-likeness (QED) is 0.254. The lowest BCUT2D eigenvalue weighted by Crippen LogP contribution is -2.47. The number of carbonyl (C=O) groups excluding carboxylic acids is 2. The third kappa shape index (κ3) is 3.08. The molecule has 124 valence electrons. The number of esters is 1. The van der Waals surface area contributed by atoms with Crippen LogP contribution in [0.2, 0.25) is 0 Å². The van der Waals surface area contributed by atoms with Gasteiger partial charge in [-0.1, -0.05) is 0 Å². The zero-order valence-corrected chi connectivity index (χ0v) is 12.9. The van der Waals surface area contributed by atoms with Gasteiger partial charge in [0, 0.05) is 18.6 Å². The van der Waals surface area contributed by atoms with Crippen molar-refractivity contribution in [2.45, 2.75) is 29.8 Å². The lowest BCUT2D eigenvalue weighted by Gasteiger charge is -2.23. The van der Waals surface area contributed by atoms with Crippen LogP contribution in [0.25, 0.3) is 0 Å². The highest BCUT2D eigenvalue weighted by atomic mass is 32.2. The summed E-state index contributed by atoms with van der Waals surface area (Å²) in [4.78, 5) is 33.3. The molecule has 0 aromatic heterocycles. The van der Waals surface area contributed by atoms with Gasteiger partial charge < -0.3 is 4.74 Å². The molecular weight excluding hydrogens is 330 g/mol. The molecule has 1 atom stereocenters. The molecule has 10 heteroatoms. The molecule has 0 aliphatic heterocycles. The van der Waals surface area contributed by atoms with Gasteiger partial charge in [-0.15, -0.1) is 0 Å². The second-order valence-electron chi connectivity index (χ2n) is 4.88. The number of ketones is 1. The Kier molecular flexibility index (Phi) is 4.48. The molecular formula is C13H13NO8S. The number of nitro benzene ring substituents is 1. The van der Waals surface area contributed by atoms with Crippen LogP contribution in [-0.4, -0.2) is 37.8 Å². The lowest BCUT2D eigenvalue weighted by atomic mass is 10.0.